The van der Waals surface area contributed by atoms with E-state index in [1.807, 2.05) is 0 Å². The molecule has 12 heteroatoms. The Morgan fingerprint density at radius 1 is 1.04 bits per heavy atom. The number of methoxy groups -OCH3 is 1. The van der Waals surface area contributed by atoms with E-state index >= 15 is 9.18 Å². The summed E-state index contributed by atoms with van der Waals surface area (Å²) in [5, 5.41) is -2.11. The van der Waals surface area contributed by atoms with E-state index in [9.17, 15) is 34.7 Å². The van der Waals surface area contributed by atoms with Crippen molar-refractivity contribution >= 4 is 28.6 Å². The smallest absolute Gasteiger partial charge is 0.383 e. The minimum Gasteiger partial charge on any atom is -0.383 e. The van der Waals surface area contributed by atoms with Crippen LogP contribution in [0.3, 0.4) is 0 Å². The molecule has 6 nitrogen and oxygen atoms in total. The zero-order chi connectivity index (χ0) is 54.7. The molecule has 0 aliphatic carbocycles. The van der Waals surface area contributed by atoms with Gasteiger partial charge in [-0.15, -0.1) is 11.8 Å². The van der Waals surface area contributed by atoms with Crippen molar-refractivity contribution in [3.63, 3.8) is 0 Å². The average Bonchev–Trinajstić information content (AvgIpc) is 3.27. The Hall–Kier alpha value is -4.52. The van der Waals surface area contributed by atoms with Crippen molar-refractivity contribution in [2.75, 3.05) is 33.2 Å². The highest BCUT2D eigenvalue weighted by atomic mass is 32.2. The Bertz CT molecular complexity index is 3010. The lowest BCUT2D eigenvalue weighted by molar-refractivity contribution is -0.137. The minimum atomic E-state index is -4.81. The number of aromatic nitrogens is 1. The van der Waals surface area contributed by atoms with Gasteiger partial charge < -0.3 is 19.1 Å². The van der Waals surface area contributed by atoms with E-state index in [-0.39, 0.29) is 27.5 Å². The molecule has 6 rings (SSSR count). The molecule has 0 bridgehead atoms. The molecular weight excluding hydrogens is 710 g/mol. The van der Waals surface area contributed by atoms with Gasteiger partial charge >= 0.3 is 6.18 Å². The molecule has 1 amide bonds. The van der Waals surface area contributed by atoms with Crippen LogP contribution in [0.15, 0.2) is 101 Å². The second-order valence-corrected chi connectivity index (χ2v) is 12.0. The van der Waals surface area contributed by atoms with Crippen molar-refractivity contribution in [3.8, 4) is 11.1 Å². The number of piperidine rings is 1. The number of likely N-dealkylation sites (tertiary alicyclic amines) is 1. The van der Waals surface area contributed by atoms with Crippen LogP contribution in [0.2, 0.25) is 0 Å². The van der Waals surface area contributed by atoms with Gasteiger partial charge in [0.15, 0.2) is 17.1 Å². The topological polar surface area (TPSA) is 54.8 Å². The van der Waals surface area contributed by atoms with Gasteiger partial charge in [0.05, 0.1) is 35.0 Å². The Kier molecular flexibility index (Phi) is 6.54. The van der Waals surface area contributed by atoms with Crippen LogP contribution in [0.5, 0.6) is 0 Å². The van der Waals surface area contributed by atoms with E-state index in [0.29, 0.717) is 12.1 Å². The summed E-state index contributed by atoms with van der Waals surface area (Å²) in [6, 6.07) is 0.811. The second kappa shape index (κ2) is 16.7. The number of pyridine rings is 1. The number of amides is 1. The molecule has 0 radical (unpaired) electrons. The lowest BCUT2D eigenvalue weighted by Gasteiger charge is -2.39. The van der Waals surface area contributed by atoms with Gasteiger partial charge in [0.25, 0.3) is 0 Å². The SMILES string of the molecule is [2H]c1c(C)c([2H])c2c(=O)c([2H])c(SCc3cccc(F)c3F)n(C([2H])([2H])C(=O)N(C([2H])([2H])c3ccc(-c4ccc(C(F)(F)F)cc4)cc3)C3([2H])C([2H])([2H])C([2H])([2H])N(C([2H])([2H])COC)C([2H])([2H])C3([2H])[2H])c2c1[2H]. The molecule has 1 saturated heterocycles. The Morgan fingerprint density at radius 2 is 1.72 bits per heavy atom. The number of rotatable bonds is 12. The van der Waals surface area contributed by atoms with Crippen LogP contribution in [0, 0.1) is 18.6 Å². The fourth-order valence-corrected chi connectivity index (χ4v) is 5.77. The summed E-state index contributed by atoms with van der Waals surface area (Å²) in [5.74, 6) is -6.35. The number of hydrogen-bond acceptors (Lipinski definition) is 5. The molecule has 5 aromatic rings. The third-order valence-corrected chi connectivity index (χ3v) is 8.45. The van der Waals surface area contributed by atoms with E-state index in [1.54, 1.807) is 0 Å². The molecule has 2 heterocycles. The third-order valence-electron chi connectivity index (χ3n) is 7.43. The first kappa shape index (κ1) is 20.8. The van der Waals surface area contributed by atoms with Crippen LogP contribution in [-0.4, -0.2) is 59.5 Å². The highest BCUT2D eigenvalue weighted by Crippen LogP contribution is 2.32. The van der Waals surface area contributed by atoms with Crippen LogP contribution < -0.4 is 5.43 Å². The Balaban J connectivity index is 1.73. The predicted octanol–water partition coefficient (Wildman–Crippen LogP) is 8.71. The van der Waals surface area contributed by atoms with Gasteiger partial charge in [0, 0.05) is 75.6 Å². The molecule has 0 spiro atoms. The Morgan fingerprint density at radius 3 is 2.38 bits per heavy atom. The normalized spacial score (nSPS) is 24.6. The number of ether oxygens (including phenoxy) is 1. The molecule has 1 aliphatic heterocycles. The quantitative estimate of drug-likeness (QED) is 0.0940. The number of carbonyl (C=O) groups is 1. The van der Waals surface area contributed by atoms with Crippen molar-refractivity contribution in [1.82, 2.24) is 14.4 Å². The van der Waals surface area contributed by atoms with E-state index in [1.165, 1.54) is 0 Å². The molecule has 1 aliphatic rings. The van der Waals surface area contributed by atoms with Crippen LogP contribution in [0.1, 0.15) is 61.0 Å². The van der Waals surface area contributed by atoms with Gasteiger partial charge in [-0.3, -0.25) is 9.59 Å². The van der Waals surface area contributed by atoms with Gasteiger partial charge in [-0.1, -0.05) is 60.1 Å². The van der Waals surface area contributed by atoms with Crippen molar-refractivity contribution in [2.24, 2.45) is 0 Å². The van der Waals surface area contributed by atoms with Gasteiger partial charge in [0.1, 0.15) is 6.50 Å². The van der Waals surface area contributed by atoms with E-state index in [0.717, 1.165) is 68.6 Å². The van der Waals surface area contributed by atoms with Crippen LogP contribution >= 0.6 is 11.8 Å². The molecule has 0 atom stereocenters. The molecular formula is C41H40F5N3O3S. The largest absolute Gasteiger partial charge is 0.416 e. The molecule has 0 saturated carbocycles. The average molecular weight is 769 g/mol. The molecule has 1 aromatic heterocycles. The van der Waals surface area contributed by atoms with E-state index in [2.05, 4.69) is 0 Å². The van der Waals surface area contributed by atoms with Crippen LogP contribution in [-0.2, 0) is 34.5 Å². The maximum absolute atomic E-state index is 15.8. The standard InChI is InChI=1S/C41H40F5N3O3S/c1-27-6-15-36-34(22-27)37(50)23-39(53-26-31-4-3-5-35(42)40(31)43)49(36)25-38(51)48(33-16-18-47(19-17-33)20-21-52-2)24-28-7-9-29(10-8-28)30-11-13-32(14-12-30)41(44,45)46/h3-15,22-23,33H,16-21,24-26H2,1-2H3/i6D,15D,16D2,17D2,18D2,19D2,20D2,22D,23D,24D2,25D2,33D. The summed E-state index contributed by atoms with van der Waals surface area (Å²) in [6.07, 6.45) is -14.0. The predicted molar refractivity (Wildman–Crippen MR) is 198 cm³/mol. The summed E-state index contributed by atoms with van der Waals surface area (Å²) in [6.45, 7) is -21.0. The number of fused-ring (bicyclic) bond motifs is 1. The first-order valence-corrected chi connectivity index (χ1v) is 16.4. The summed E-state index contributed by atoms with van der Waals surface area (Å²) in [4.78, 5) is 28.3. The van der Waals surface area contributed by atoms with Crippen molar-refractivity contribution in [3.05, 3.63) is 135 Å². The van der Waals surface area contributed by atoms with Crippen LogP contribution in [0.25, 0.3) is 22.0 Å². The van der Waals surface area contributed by atoms with Crippen molar-refractivity contribution < 1.29 is 57.5 Å². The number of nitrogens with zero attached hydrogens (tertiary/aromatic N) is 3. The van der Waals surface area contributed by atoms with E-state index in [4.69, 9.17) is 18.4 Å². The lowest BCUT2D eigenvalue weighted by Crippen LogP contribution is -2.48. The highest BCUT2D eigenvalue weighted by Gasteiger charge is 2.31. The fraction of sp³-hybridized carbons (Fsp3) is 0.317. The zero-order valence-electron chi connectivity index (χ0n) is 46.6. The highest BCUT2D eigenvalue weighted by molar-refractivity contribution is 7.98. The fourth-order valence-electron chi connectivity index (χ4n) is 4.82. The number of benzene rings is 4. The number of hydrogen-bond donors (Lipinski definition) is 0. The molecule has 1 fully saturated rings. The van der Waals surface area contributed by atoms with Gasteiger partial charge in [0.2, 0.25) is 5.91 Å². The van der Waals surface area contributed by atoms with Crippen molar-refractivity contribution in [1.29, 1.82) is 0 Å². The van der Waals surface area contributed by atoms with Gasteiger partial charge in [-0.05, 0) is 66.6 Å². The summed E-state index contributed by atoms with van der Waals surface area (Å²) < 4.78 is 248. The van der Waals surface area contributed by atoms with Gasteiger partial charge in [-0.2, -0.15) is 13.2 Å². The maximum Gasteiger partial charge on any atom is 0.416 e. The number of halogens is 5. The molecule has 0 unspecified atom stereocenters. The third kappa shape index (κ3) is 9.17. The maximum atomic E-state index is 15.8. The Labute approximate surface area is 335 Å². The monoisotopic (exact) mass is 768 g/mol. The number of carbonyl (C=O) groups excluding carboxylic acids is 1. The second-order valence-electron chi connectivity index (χ2n) is 11.1. The first-order valence-electron chi connectivity index (χ1n) is 24.9. The van der Waals surface area contributed by atoms with Gasteiger partial charge in [-0.25, -0.2) is 8.78 Å². The summed E-state index contributed by atoms with van der Waals surface area (Å²) >= 11 is 0.127. The zero-order valence-corrected chi connectivity index (χ0v) is 28.4. The minimum absolute atomic E-state index is 0.0188. The first-order chi connectivity index (χ1) is 32.8. The molecule has 278 valence electrons. The van der Waals surface area contributed by atoms with E-state index < -0.39 is 165 Å². The molecule has 53 heavy (non-hydrogen) atoms. The summed E-state index contributed by atoms with van der Waals surface area (Å²) in [7, 11) is 0.867. The molecule has 0 N–H and O–H groups in total. The lowest BCUT2D eigenvalue weighted by atomic mass is 10.00. The van der Waals surface area contributed by atoms with Crippen molar-refractivity contribution in [2.45, 2.75) is 55.6 Å². The molecule has 4 aromatic carbocycles. The number of thioether (sulfide) groups is 1. The van der Waals surface area contributed by atoms with Crippen LogP contribution in [0.4, 0.5) is 22.0 Å². The number of alkyl halides is 3. The summed E-state index contributed by atoms with van der Waals surface area (Å²) in [5.41, 5.74) is -5.39.